The number of H-pyrrole nitrogens is 2. The molecular weight excluding hydrogens is 531 g/mol. The first-order chi connectivity index (χ1) is 18.1. The van der Waals surface area contributed by atoms with Crippen molar-refractivity contribution in [1.29, 1.82) is 0 Å². The number of hydrogen-bond acceptors (Lipinski definition) is 7. The second-order valence-electron chi connectivity index (χ2n) is 8.51. The van der Waals surface area contributed by atoms with E-state index in [4.69, 9.17) is 23.2 Å². The lowest BCUT2D eigenvalue weighted by molar-refractivity contribution is 0.0740. The van der Waals surface area contributed by atoms with Crippen LogP contribution in [0, 0.1) is 0 Å². The molecule has 2 aromatic heterocycles. The van der Waals surface area contributed by atoms with Gasteiger partial charge in [0, 0.05) is 15.6 Å². The van der Waals surface area contributed by atoms with Crippen LogP contribution in [0.5, 0.6) is 0 Å². The fraction of sp³-hybridized carbons (Fsp3) is 0.0741. The molecule has 0 amide bonds. The van der Waals surface area contributed by atoms with Gasteiger partial charge in [0.25, 0.3) is 11.1 Å². The molecule has 38 heavy (non-hydrogen) atoms. The third-order valence-corrected chi connectivity index (χ3v) is 6.46. The molecule has 4 N–H and O–H groups in total. The highest BCUT2D eigenvalue weighted by Gasteiger charge is 2.25. The largest absolute Gasteiger partial charge is 0.384 e. The summed E-state index contributed by atoms with van der Waals surface area (Å²) in [6.45, 7) is 3.84. The number of aromatic nitrogens is 4. The average molecular weight is 549 g/mol. The first-order valence-corrected chi connectivity index (χ1v) is 12.0. The van der Waals surface area contributed by atoms with Crippen LogP contribution < -0.4 is 11.1 Å². The van der Waals surface area contributed by atoms with E-state index >= 15 is 0 Å². The fourth-order valence-corrected chi connectivity index (χ4v) is 4.32. The van der Waals surface area contributed by atoms with Crippen LogP contribution in [-0.4, -0.2) is 35.9 Å². The number of aliphatic hydroxyl groups is 2. The molecule has 9 nitrogen and oxygen atoms in total. The van der Waals surface area contributed by atoms with Gasteiger partial charge in [-0.2, -0.15) is 0 Å². The van der Waals surface area contributed by atoms with Gasteiger partial charge < -0.3 is 20.2 Å². The minimum absolute atomic E-state index is 0.0468. The molecule has 3 aromatic carbocycles. The van der Waals surface area contributed by atoms with Crippen molar-refractivity contribution in [2.24, 2.45) is 0 Å². The molecule has 0 aliphatic carbocycles. The zero-order chi connectivity index (χ0) is 27.1. The van der Waals surface area contributed by atoms with Gasteiger partial charge in [0.15, 0.2) is 5.69 Å². The molecule has 190 valence electrons. The number of benzene rings is 3. The van der Waals surface area contributed by atoms with Gasteiger partial charge >= 0.3 is 0 Å². The van der Waals surface area contributed by atoms with Gasteiger partial charge in [-0.1, -0.05) is 54.0 Å². The third kappa shape index (κ3) is 4.75. The molecule has 0 aliphatic heterocycles. The van der Waals surface area contributed by atoms with E-state index in [1.165, 1.54) is 30.3 Å². The van der Waals surface area contributed by atoms with Crippen LogP contribution >= 0.6 is 23.2 Å². The number of fused-ring (bicyclic) bond motifs is 2. The number of aromatic amines is 2. The topological polar surface area (TPSA) is 149 Å². The summed E-state index contributed by atoms with van der Waals surface area (Å²) >= 11 is 11.9. The van der Waals surface area contributed by atoms with Gasteiger partial charge in [-0.15, -0.1) is 0 Å². The van der Waals surface area contributed by atoms with Crippen molar-refractivity contribution in [3.63, 3.8) is 0 Å². The highest BCUT2D eigenvalue weighted by molar-refractivity contribution is 6.31. The maximum Gasteiger partial charge on any atom is 0.278 e. The average Bonchev–Trinajstić information content (AvgIpc) is 2.90. The maximum atomic E-state index is 12.9. The Labute approximate surface area is 224 Å². The Bertz CT molecular complexity index is 1730. The first kappa shape index (κ1) is 25.5. The number of nitrogens with zero attached hydrogens (tertiary/aromatic N) is 2. The van der Waals surface area contributed by atoms with Crippen LogP contribution in [-0.2, 0) is 0 Å². The smallest absolute Gasteiger partial charge is 0.278 e. The SMILES string of the molecule is C=C(c1nc2ccc(Cl)cc2[nH]c1=O)[C@H](O)c1ccc([C@@H](O)C(=O)c2nc3ccc(Cl)cc3[nH]c2=O)cc1. The molecule has 5 rings (SSSR count). The van der Waals surface area contributed by atoms with Crippen LogP contribution in [0.25, 0.3) is 27.6 Å². The Balaban J connectivity index is 1.38. The number of halogens is 2. The van der Waals surface area contributed by atoms with E-state index in [0.717, 1.165) is 0 Å². The molecule has 0 aliphatic rings. The normalized spacial score (nSPS) is 12.9. The van der Waals surface area contributed by atoms with Crippen LogP contribution in [0.15, 0.2) is 76.8 Å². The lowest BCUT2D eigenvalue weighted by Gasteiger charge is -2.15. The highest BCUT2D eigenvalue weighted by Crippen LogP contribution is 2.28. The van der Waals surface area contributed by atoms with Crippen molar-refractivity contribution in [2.75, 3.05) is 0 Å². The van der Waals surface area contributed by atoms with E-state index in [1.807, 2.05) is 0 Å². The summed E-state index contributed by atoms with van der Waals surface area (Å²) in [5.74, 6) is -0.896. The van der Waals surface area contributed by atoms with E-state index in [2.05, 4.69) is 26.5 Å². The van der Waals surface area contributed by atoms with E-state index in [-0.39, 0.29) is 16.8 Å². The van der Waals surface area contributed by atoms with Gasteiger partial charge in [0.2, 0.25) is 5.78 Å². The summed E-state index contributed by atoms with van der Waals surface area (Å²) in [5, 5.41) is 22.3. The van der Waals surface area contributed by atoms with E-state index < -0.39 is 34.8 Å². The summed E-state index contributed by atoms with van der Waals surface area (Å²) in [4.78, 5) is 51.5. The Morgan fingerprint density at radius 2 is 1.18 bits per heavy atom. The van der Waals surface area contributed by atoms with Gasteiger partial charge in [0.1, 0.15) is 17.9 Å². The molecule has 0 bridgehead atoms. The highest BCUT2D eigenvalue weighted by atomic mass is 35.5. The van der Waals surface area contributed by atoms with Crippen LogP contribution in [0.1, 0.15) is 39.5 Å². The predicted octanol–water partition coefficient (Wildman–Crippen LogP) is 4.13. The van der Waals surface area contributed by atoms with Crippen molar-refractivity contribution in [3.8, 4) is 0 Å². The summed E-state index contributed by atoms with van der Waals surface area (Å²) in [6, 6.07) is 15.2. The Morgan fingerprint density at radius 1 is 0.737 bits per heavy atom. The van der Waals surface area contributed by atoms with E-state index in [1.54, 1.807) is 30.3 Å². The number of Topliss-reactive ketones (excluding diaryl/α,β-unsaturated/α-hetero) is 1. The van der Waals surface area contributed by atoms with Gasteiger partial charge in [-0.25, -0.2) is 9.97 Å². The second kappa shape index (κ2) is 9.96. The zero-order valence-corrected chi connectivity index (χ0v) is 20.9. The lowest BCUT2D eigenvalue weighted by Crippen LogP contribution is -2.24. The number of nitrogens with one attached hydrogen (secondary N) is 2. The number of ketones is 1. The zero-order valence-electron chi connectivity index (χ0n) is 19.4. The summed E-state index contributed by atoms with van der Waals surface area (Å²) in [7, 11) is 0. The monoisotopic (exact) mass is 548 g/mol. The van der Waals surface area contributed by atoms with E-state index in [9.17, 15) is 24.6 Å². The van der Waals surface area contributed by atoms with Crippen molar-refractivity contribution in [2.45, 2.75) is 12.2 Å². The number of carbonyl (C=O) groups excluding carboxylic acids is 1. The van der Waals surface area contributed by atoms with Crippen molar-refractivity contribution in [1.82, 2.24) is 19.9 Å². The molecule has 5 aromatic rings. The molecule has 0 fully saturated rings. The van der Waals surface area contributed by atoms with Crippen LogP contribution in [0.3, 0.4) is 0 Å². The minimum Gasteiger partial charge on any atom is -0.384 e. The molecule has 2 atom stereocenters. The number of aliphatic hydroxyl groups excluding tert-OH is 2. The minimum atomic E-state index is -1.68. The number of carbonyl (C=O) groups is 1. The molecule has 0 unspecified atom stereocenters. The predicted molar refractivity (Wildman–Crippen MR) is 144 cm³/mol. The van der Waals surface area contributed by atoms with Gasteiger partial charge in [0.05, 0.1) is 22.1 Å². The first-order valence-electron chi connectivity index (χ1n) is 11.2. The van der Waals surface area contributed by atoms with Crippen LogP contribution in [0.4, 0.5) is 0 Å². The van der Waals surface area contributed by atoms with Crippen LogP contribution in [0.2, 0.25) is 10.0 Å². The van der Waals surface area contributed by atoms with Gasteiger partial charge in [-0.3, -0.25) is 14.4 Å². The van der Waals surface area contributed by atoms with Crippen molar-refractivity contribution >= 4 is 56.6 Å². The van der Waals surface area contributed by atoms with E-state index in [0.29, 0.717) is 37.7 Å². The summed E-state index contributed by atoms with van der Waals surface area (Å²) in [6.07, 6.45) is -2.98. The Hall–Kier alpha value is -4.15. The molecular formula is C27H18Cl2N4O5. The molecule has 0 spiro atoms. The maximum absolute atomic E-state index is 12.9. The molecule has 0 saturated heterocycles. The molecule has 2 heterocycles. The van der Waals surface area contributed by atoms with Crippen molar-refractivity contribution < 1.29 is 15.0 Å². The molecule has 0 radical (unpaired) electrons. The lowest BCUT2D eigenvalue weighted by atomic mass is 9.96. The number of hydrogen-bond donors (Lipinski definition) is 4. The quantitative estimate of drug-likeness (QED) is 0.233. The number of rotatable bonds is 6. The third-order valence-electron chi connectivity index (χ3n) is 5.99. The molecule has 11 heteroatoms. The Kier molecular flexibility index (Phi) is 6.68. The van der Waals surface area contributed by atoms with Crippen molar-refractivity contribution in [3.05, 3.63) is 121 Å². The Morgan fingerprint density at radius 3 is 1.71 bits per heavy atom. The van der Waals surface area contributed by atoms with Gasteiger partial charge in [-0.05, 0) is 47.5 Å². The second-order valence-corrected chi connectivity index (χ2v) is 9.39. The molecule has 0 saturated carbocycles. The standard InChI is InChI=1S/C27H18Cl2N4O5/c1-12(21-26(37)32-19-10-15(28)6-8-17(19)30-21)23(34)13-2-4-14(5-3-13)24(35)25(36)22-27(38)33-20-11-16(29)7-9-18(20)31-22/h2-11,23-24,34-35H,1H2,(H,32,37)(H,33,38)/t23-,24+/m0/s1. The fourth-order valence-electron chi connectivity index (χ4n) is 3.97. The summed E-state index contributed by atoms with van der Waals surface area (Å²) in [5.41, 5.74) is 0.371. The summed E-state index contributed by atoms with van der Waals surface area (Å²) < 4.78 is 0.